The molecule has 3 heteroatoms. The van der Waals surface area contributed by atoms with Crippen LogP contribution < -0.4 is 10.6 Å². The Hall–Kier alpha value is -3.07. The van der Waals surface area contributed by atoms with Gasteiger partial charge in [-0.25, -0.2) is 4.79 Å². The maximum Gasteiger partial charge on any atom is 0.315 e. The largest absolute Gasteiger partial charge is 0.334 e. The number of carbonyl (C=O) groups is 1. The molecule has 0 atom stereocenters. The third-order valence-electron chi connectivity index (χ3n) is 4.08. The van der Waals surface area contributed by atoms with Crippen molar-refractivity contribution in [2.75, 3.05) is 0 Å². The van der Waals surface area contributed by atoms with Crippen molar-refractivity contribution < 1.29 is 4.79 Å². The van der Waals surface area contributed by atoms with Crippen molar-refractivity contribution >= 4 is 6.03 Å². The molecule has 3 nitrogen and oxygen atoms in total. The first-order valence-corrected chi connectivity index (χ1v) is 8.42. The Morgan fingerprint density at radius 2 is 1.44 bits per heavy atom. The van der Waals surface area contributed by atoms with Crippen LogP contribution in [0, 0.1) is 6.92 Å². The highest BCUT2D eigenvalue weighted by Gasteiger charge is 2.16. The van der Waals surface area contributed by atoms with Gasteiger partial charge >= 0.3 is 6.03 Å². The molecule has 0 unspecified atom stereocenters. The summed E-state index contributed by atoms with van der Waals surface area (Å²) in [5, 5.41) is 6.03. The predicted molar refractivity (Wildman–Crippen MR) is 101 cm³/mol. The van der Waals surface area contributed by atoms with Crippen LogP contribution in [-0.2, 0) is 6.54 Å². The summed E-state index contributed by atoms with van der Waals surface area (Å²) in [6.07, 6.45) is 0. The van der Waals surface area contributed by atoms with Gasteiger partial charge in [0.05, 0.1) is 6.04 Å². The van der Waals surface area contributed by atoms with E-state index >= 15 is 0 Å². The first kappa shape index (κ1) is 16.8. The molecule has 0 spiro atoms. The van der Waals surface area contributed by atoms with Gasteiger partial charge in [-0.3, -0.25) is 0 Å². The molecule has 0 saturated heterocycles. The van der Waals surface area contributed by atoms with Gasteiger partial charge in [-0.1, -0.05) is 90.5 Å². The molecule has 2 amide bonds. The second-order valence-corrected chi connectivity index (χ2v) is 6.07. The molecule has 0 bridgehead atoms. The highest BCUT2D eigenvalue weighted by Crippen LogP contribution is 2.21. The second kappa shape index (κ2) is 8.15. The van der Waals surface area contributed by atoms with Crippen molar-refractivity contribution in [2.24, 2.45) is 0 Å². The molecule has 0 aliphatic heterocycles. The molecule has 3 aromatic carbocycles. The highest BCUT2D eigenvalue weighted by atomic mass is 16.2. The average Bonchev–Trinajstić information content (AvgIpc) is 2.66. The summed E-state index contributed by atoms with van der Waals surface area (Å²) in [5.74, 6) is 0. The molecular weight excluding hydrogens is 308 g/mol. The first-order valence-electron chi connectivity index (χ1n) is 8.42. The van der Waals surface area contributed by atoms with Crippen LogP contribution in [0.3, 0.4) is 0 Å². The lowest BCUT2D eigenvalue weighted by Crippen LogP contribution is -2.38. The van der Waals surface area contributed by atoms with Crippen molar-refractivity contribution in [2.45, 2.75) is 19.5 Å². The number of carbonyl (C=O) groups excluding carboxylic acids is 1. The minimum atomic E-state index is -0.181. The molecule has 126 valence electrons. The van der Waals surface area contributed by atoms with Crippen molar-refractivity contribution in [3.63, 3.8) is 0 Å². The van der Waals surface area contributed by atoms with E-state index in [2.05, 4.69) is 16.7 Å². The van der Waals surface area contributed by atoms with E-state index in [1.165, 1.54) is 5.56 Å². The van der Waals surface area contributed by atoms with Crippen molar-refractivity contribution in [1.29, 1.82) is 0 Å². The third-order valence-corrected chi connectivity index (χ3v) is 4.08. The van der Waals surface area contributed by atoms with Crippen molar-refractivity contribution in [1.82, 2.24) is 10.6 Å². The summed E-state index contributed by atoms with van der Waals surface area (Å²) in [7, 11) is 0. The Morgan fingerprint density at radius 3 is 2.00 bits per heavy atom. The summed E-state index contributed by atoms with van der Waals surface area (Å²) >= 11 is 0. The van der Waals surface area contributed by atoms with E-state index in [-0.39, 0.29) is 12.1 Å². The van der Waals surface area contributed by atoms with Gasteiger partial charge in [0.2, 0.25) is 0 Å². The maximum absolute atomic E-state index is 12.4. The van der Waals surface area contributed by atoms with Crippen molar-refractivity contribution in [3.8, 4) is 0 Å². The van der Waals surface area contributed by atoms with Gasteiger partial charge in [0.1, 0.15) is 0 Å². The summed E-state index contributed by atoms with van der Waals surface area (Å²) in [5.41, 5.74) is 4.39. The molecule has 3 rings (SSSR count). The smallest absolute Gasteiger partial charge is 0.315 e. The van der Waals surface area contributed by atoms with Crippen LogP contribution in [0.25, 0.3) is 0 Å². The molecule has 25 heavy (non-hydrogen) atoms. The van der Waals surface area contributed by atoms with E-state index in [0.717, 1.165) is 16.7 Å². The second-order valence-electron chi connectivity index (χ2n) is 6.07. The fourth-order valence-electron chi connectivity index (χ4n) is 2.84. The van der Waals surface area contributed by atoms with Gasteiger partial charge in [-0.15, -0.1) is 0 Å². The van der Waals surface area contributed by atoms with Crippen LogP contribution in [0.1, 0.15) is 28.3 Å². The fraction of sp³-hybridized carbons (Fsp3) is 0.136. The van der Waals surface area contributed by atoms with Gasteiger partial charge in [0.15, 0.2) is 0 Å². The van der Waals surface area contributed by atoms with Crippen molar-refractivity contribution in [3.05, 3.63) is 107 Å². The standard InChI is InChI=1S/C22H22N2O/c1-17-9-8-10-18(15-17)16-23-22(25)24-21(19-11-4-2-5-12-19)20-13-6-3-7-14-20/h2-15,21H,16H2,1H3,(H2,23,24,25). The lowest BCUT2D eigenvalue weighted by Gasteiger charge is -2.20. The van der Waals surface area contributed by atoms with E-state index in [0.29, 0.717) is 6.54 Å². The fourth-order valence-corrected chi connectivity index (χ4v) is 2.84. The molecule has 0 aliphatic rings. The number of rotatable bonds is 5. The van der Waals surface area contributed by atoms with Gasteiger partial charge in [-0.2, -0.15) is 0 Å². The zero-order valence-corrected chi connectivity index (χ0v) is 14.3. The number of nitrogens with one attached hydrogen (secondary N) is 2. The minimum Gasteiger partial charge on any atom is -0.334 e. The van der Waals surface area contributed by atoms with Crippen LogP contribution in [0.5, 0.6) is 0 Å². The summed E-state index contributed by atoms with van der Waals surface area (Å²) in [6, 6.07) is 27.8. The topological polar surface area (TPSA) is 41.1 Å². The molecule has 0 radical (unpaired) electrons. The molecule has 3 aromatic rings. The Morgan fingerprint density at radius 1 is 0.840 bits per heavy atom. The van der Waals surface area contributed by atoms with Gasteiger partial charge in [0, 0.05) is 6.54 Å². The Balaban J connectivity index is 1.71. The van der Waals surface area contributed by atoms with Gasteiger partial charge in [-0.05, 0) is 23.6 Å². The first-order chi connectivity index (χ1) is 12.2. The lowest BCUT2D eigenvalue weighted by atomic mass is 9.99. The van der Waals surface area contributed by atoms with Crippen LogP contribution in [-0.4, -0.2) is 6.03 Å². The molecule has 0 fully saturated rings. The van der Waals surface area contributed by atoms with E-state index in [1.807, 2.05) is 85.8 Å². The number of benzene rings is 3. The Labute approximate surface area is 148 Å². The van der Waals surface area contributed by atoms with E-state index in [1.54, 1.807) is 0 Å². The monoisotopic (exact) mass is 330 g/mol. The summed E-state index contributed by atoms with van der Waals surface area (Å²) in [6.45, 7) is 2.55. The normalized spacial score (nSPS) is 10.5. The number of hydrogen-bond donors (Lipinski definition) is 2. The van der Waals surface area contributed by atoms with Crippen LogP contribution in [0.4, 0.5) is 4.79 Å². The molecule has 2 N–H and O–H groups in total. The SMILES string of the molecule is Cc1cccc(CNC(=O)NC(c2ccccc2)c2ccccc2)c1. The zero-order chi connectivity index (χ0) is 17.5. The van der Waals surface area contributed by atoms with E-state index in [4.69, 9.17) is 0 Å². The Kier molecular flexibility index (Phi) is 5.47. The highest BCUT2D eigenvalue weighted by molar-refractivity contribution is 5.75. The molecular formula is C22H22N2O. The minimum absolute atomic E-state index is 0.181. The van der Waals surface area contributed by atoms with E-state index < -0.39 is 0 Å². The molecule has 0 saturated carbocycles. The number of urea groups is 1. The summed E-state index contributed by atoms with van der Waals surface area (Å²) in [4.78, 5) is 12.4. The van der Waals surface area contributed by atoms with Crippen LogP contribution in [0.15, 0.2) is 84.9 Å². The number of hydrogen-bond acceptors (Lipinski definition) is 1. The summed E-state index contributed by atoms with van der Waals surface area (Å²) < 4.78 is 0. The number of aryl methyl sites for hydroxylation is 1. The predicted octanol–water partition coefficient (Wildman–Crippen LogP) is 4.58. The van der Waals surface area contributed by atoms with Gasteiger partial charge < -0.3 is 10.6 Å². The lowest BCUT2D eigenvalue weighted by molar-refractivity contribution is 0.238. The zero-order valence-electron chi connectivity index (χ0n) is 14.3. The molecule has 0 aromatic heterocycles. The Bertz CT molecular complexity index is 776. The van der Waals surface area contributed by atoms with E-state index in [9.17, 15) is 4.79 Å². The number of amides is 2. The van der Waals surface area contributed by atoms with Crippen LogP contribution in [0.2, 0.25) is 0 Å². The third kappa shape index (κ3) is 4.70. The quantitative estimate of drug-likeness (QED) is 0.706. The van der Waals surface area contributed by atoms with Crippen LogP contribution >= 0.6 is 0 Å². The maximum atomic E-state index is 12.4. The molecule has 0 aliphatic carbocycles. The average molecular weight is 330 g/mol. The molecule has 0 heterocycles. The van der Waals surface area contributed by atoms with Gasteiger partial charge in [0.25, 0.3) is 0 Å².